The monoisotopic (exact) mass is 287 g/mol. The Labute approximate surface area is 125 Å². The molecule has 112 valence electrons. The largest absolute Gasteiger partial charge is 0.463 e. The molecule has 0 aliphatic carbocycles. The normalized spacial score (nSPS) is 13.7. The van der Waals surface area contributed by atoms with Gasteiger partial charge in [-0.2, -0.15) is 0 Å². The first kappa shape index (κ1) is 15.3. The van der Waals surface area contributed by atoms with Crippen LogP contribution in [-0.4, -0.2) is 13.1 Å². The lowest BCUT2D eigenvalue weighted by Gasteiger charge is -2.21. The third-order valence-electron chi connectivity index (χ3n) is 3.50. The van der Waals surface area contributed by atoms with Gasteiger partial charge in [-0.3, -0.25) is 0 Å². The molecular formula is C17H21NO3. The van der Waals surface area contributed by atoms with Gasteiger partial charge in [-0.15, -0.1) is 0 Å². The summed E-state index contributed by atoms with van der Waals surface area (Å²) in [5, 5.41) is 3.52. The van der Waals surface area contributed by atoms with Crippen molar-refractivity contribution in [1.29, 1.82) is 0 Å². The molecule has 0 aliphatic heterocycles. The summed E-state index contributed by atoms with van der Waals surface area (Å²) in [7, 11) is 1.34. The molecule has 4 nitrogen and oxygen atoms in total. The first-order valence-corrected chi connectivity index (χ1v) is 7.14. The van der Waals surface area contributed by atoms with Gasteiger partial charge in [0.25, 0.3) is 0 Å². The molecule has 1 heterocycles. The van der Waals surface area contributed by atoms with E-state index in [1.54, 1.807) is 6.07 Å². The Balaban J connectivity index is 2.07. The molecule has 0 fully saturated rings. The summed E-state index contributed by atoms with van der Waals surface area (Å²) in [4.78, 5) is 11.4. The minimum Gasteiger partial charge on any atom is -0.463 e. The highest BCUT2D eigenvalue weighted by molar-refractivity contribution is 5.86. The second-order valence-electron chi connectivity index (χ2n) is 4.95. The molecule has 0 amide bonds. The molecule has 21 heavy (non-hydrogen) atoms. The summed E-state index contributed by atoms with van der Waals surface area (Å²) in [6.45, 7) is 4.16. The zero-order chi connectivity index (χ0) is 15.2. The first-order chi connectivity index (χ1) is 10.2. The summed E-state index contributed by atoms with van der Waals surface area (Å²) in [5.41, 5.74) is 1.24. The van der Waals surface area contributed by atoms with Gasteiger partial charge >= 0.3 is 5.97 Å². The van der Waals surface area contributed by atoms with E-state index >= 15 is 0 Å². The smallest absolute Gasteiger partial charge is 0.373 e. The van der Waals surface area contributed by atoms with Crippen molar-refractivity contribution in [1.82, 2.24) is 5.32 Å². The van der Waals surface area contributed by atoms with Gasteiger partial charge in [0.15, 0.2) is 0 Å². The third-order valence-corrected chi connectivity index (χ3v) is 3.50. The summed E-state index contributed by atoms with van der Waals surface area (Å²) in [6.07, 6.45) is 0.971. The maximum atomic E-state index is 11.4. The minimum atomic E-state index is -0.455. The number of methoxy groups -OCH3 is 1. The molecule has 4 heteroatoms. The fraction of sp³-hybridized carbons (Fsp3) is 0.353. The highest BCUT2D eigenvalue weighted by Gasteiger charge is 2.18. The Morgan fingerprint density at radius 2 is 1.95 bits per heavy atom. The molecule has 0 spiro atoms. The molecule has 1 aromatic heterocycles. The van der Waals surface area contributed by atoms with E-state index in [0.717, 1.165) is 12.2 Å². The van der Waals surface area contributed by atoms with E-state index in [1.165, 1.54) is 12.7 Å². The average molecular weight is 287 g/mol. The van der Waals surface area contributed by atoms with Crippen LogP contribution in [0.5, 0.6) is 0 Å². The SMILES string of the molecule is CCC(NC(C)c1ccc(C(=O)OC)o1)c1ccccc1. The molecule has 1 N–H and O–H groups in total. The Bertz CT molecular complexity index is 577. The van der Waals surface area contributed by atoms with Gasteiger partial charge in [0.1, 0.15) is 5.76 Å². The maximum Gasteiger partial charge on any atom is 0.373 e. The Kier molecular flexibility index (Phi) is 5.17. The summed E-state index contributed by atoms with van der Waals surface area (Å²) < 4.78 is 10.2. The van der Waals surface area contributed by atoms with Crippen molar-refractivity contribution in [2.45, 2.75) is 32.4 Å². The third kappa shape index (κ3) is 3.73. The van der Waals surface area contributed by atoms with Crippen LogP contribution < -0.4 is 5.32 Å². The van der Waals surface area contributed by atoms with Gasteiger partial charge in [-0.05, 0) is 31.0 Å². The lowest BCUT2D eigenvalue weighted by molar-refractivity contribution is 0.0562. The number of rotatable bonds is 6. The fourth-order valence-electron chi connectivity index (χ4n) is 2.31. The Morgan fingerprint density at radius 3 is 2.57 bits per heavy atom. The number of hydrogen-bond acceptors (Lipinski definition) is 4. The van der Waals surface area contributed by atoms with Crippen molar-refractivity contribution in [2.75, 3.05) is 7.11 Å². The van der Waals surface area contributed by atoms with Crippen molar-refractivity contribution in [3.63, 3.8) is 0 Å². The van der Waals surface area contributed by atoms with Crippen molar-refractivity contribution in [2.24, 2.45) is 0 Å². The number of esters is 1. The molecule has 2 atom stereocenters. The number of carbonyl (C=O) groups is 1. The van der Waals surface area contributed by atoms with Crippen molar-refractivity contribution in [3.8, 4) is 0 Å². The summed E-state index contributed by atoms with van der Waals surface area (Å²) >= 11 is 0. The molecule has 2 aromatic rings. The number of hydrogen-bond donors (Lipinski definition) is 1. The number of ether oxygens (including phenoxy) is 1. The van der Waals surface area contributed by atoms with Crippen LogP contribution in [0, 0.1) is 0 Å². The van der Waals surface area contributed by atoms with Crippen LogP contribution in [0.4, 0.5) is 0 Å². The molecule has 0 aliphatic rings. The molecule has 2 rings (SSSR count). The molecule has 1 aromatic carbocycles. The van der Waals surface area contributed by atoms with Crippen LogP contribution in [0.3, 0.4) is 0 Å². The van der Waals surface area contributed by atoms with Crippen molar-refractivity contribution < 1.29 is 13.9 Å². The molecular weight excluding hydrogens is 266 g/mol. The standard InChI is InChI=1S/C17H21NO3/c1-4-14(13-8-6-5-7-9-13)18-12(2)15-10-11-16(21-15)17(19)20-3/h5-12,14,18H,4H2,1-3H3. The van der Waals surface area contributed by atoms with Gasteiger partial charge in [0.05, 0.1) is 13.2 Å². The molecule has 0 radical (unpaired) electrons. The van der Waals surface area contributed by atoms with Crippen LogP contribution in [-0.2, 0) is 4.74 Å². The minimum absolute atomic E-state index is 0.00793. The maximum absolute atomic E-state index is 11.4. The average Bonchev–Trinajstić information content (AvgIpc) is 3.02. The number of carbonyl (C=O) groups excluding carboxylic acids is 1. The van der Waals surface area contributed by atoms with E-state index in [-0.39, 0.29) is 17.8 Å². The van der Waals surface area contributed by atoms with Gasteiger partial charge in [0.2, 0.25) is 5.76 Å². The van der Waals surface area contributed by atoms with Gasteiger partial charge in [-0.25, -0.2) is 4.79 Å². The second-order valence-corrected chi connectivity index (χ2v) is 4.95. The predicted molar refractivity (Wildman–Crippen MR) is 81.1 cm³/mol. The van der Waals surface area contributed by atoms with Crippen molar-refractivity contribution in [3.05, 3.63) is 59.5 Å². The predicted octanol–water partition coefficient (Wildman–Crippen LogP) is 3.87. The number of furan rings is 1. The highest BCUT2D eigenvalue weighted by atomic mass is 16.5. The van der Waals surface area contributed by atoms with Crippen molar-refractivity contribution >= 4 is 5.97 Å². The quantitative estimate of drug-likeness (QED) is 0.819. The Hall–Kier alpha value is -2.07. The molecule has 0 bridgehead atoms. The zero-order valence-electron chi connectivity index (χ0n) is 12.6. The van der Waals surface area contributed by atoms with Crippen LogP contribution >= 0.6 is 0 Å². The van der Waals surface area contributed by atoms with Crippen LogP contribution in [0.1, 0.15) is 54.2 Å². The Morgan fingerprint density at radius 1 is 1.24 bits per heavy atom. The van der Waals surface area contributed by atoms with E-state index in [4.69, 9.17) is 4.42 Å². The second kappa shape index (κ2) is 7.09. The lowest BCUT2D eigenvalue weighted by Crippen LogP contribution is -2.23. The lowest BCUT2D eigenvalue weighted by atomic mass is 10.0. The molecule has 0 saturated carbocycles. The van der Waals surface area contributed by atoms with E-state index in [0.29, 0.717) is 0 Å². The van der Waals surface area contributed by atoms with E-state index in [9.17, 15) is 4.79 Å². The summed E-state index contributed by atoms with van der Waals surface area (Å²) in [6, 6.07) is 14.0. The van der Waals surface area contributed by atoms with E-state index in [1.807, 2.05) is 31.2 Å². The number of nitrogens with one attached hydrogen (secondary N) is 1. The van der Waals surface area contributed by atoms with Crippen LogP contribution in [0.15, 0.2) is 46.9 Å². The summed E-state index contributed by atoms with van der Waals surface area (Å²) in [5.74, 6) is 0.502. The number of benzene rings is 1. The van der Waals surface area contributed by atoms with E-state index < -0.39 is 5.97 Å². The van der Waals surface area contributed by atoms with E-state index in [2.05, 4.69) is 29.1 Å². The van der Waals surface area contributed by atoms with Crippen LogP contribution in [0.2, 0.25) is 0 Å². The van der Waals surface area contributed by atoms with Crippen LogP contribution in [0.25, 0.3) is 0 Å². The zero-order valence-corrected chi connectivity index (χ0v) is 12.6. The molecule has 0 saturated heterocycles. The van der Waals surface area contributed by atoms with Gasteiger partial charge in [-0.1, -0.05) is 37.3 Å². The molecule has 2 unspecified atom stereocenters. The topological polar surface area (TPSA) is 51.5 Å². The highest BCUT2D eigenvalue weighted by Crippen LogP contribution is 2.23. The fourth-order valence-corrected chi connectivity index (χ4v) is 2.31. The van der Waals surface area contributed by atoms with Gasteiger partial charge in [0, 0.05) is 6.04 Å². The first-order valence-electron chi connectivity index (χ1n) is 7.14. The van der Waals surface area contributed by atoms with Gasteiger partial charge < -0.3 is 14.5 Å².